The van der Waals surface area contributed by atoms with Gasteiger partial charge >= 0.3 is 0 Å². The fourth-order valence-electron chi connectivity index (χ4n) is 10.6. The molecule has 9 aromatic carbocycles. The number of anilines is 3. The average Bonchev–Trinajstić information content (AvgIpc) is 3.94. The van der Waals surface area contributed by atoms with Crippen molar-refractivity contribution in [1.82, 2.24) is 4.57 Å². The molecule has 0 N–H and O–H groups in total. The fourth-order valence-corrected chi connectivity index (χ4v) is 11.8. The normalized spacial score (nSPS) is 15.0. The van der Waals surface area contributed by atoms with Crippen LogP contribution in [-0.4, -0.2) is 4.57 Å². The van der Waals surface area contributed by atoms with Gasteiger partial charge in [-0.1, -0.05) is 158 Å². The lowest BCUT2D eigenvalue weighted by Crippen LogP contribution is -2.33. The molecule has 11 aromatic rings. The van der Waals surface area contributed by atoms with Crippen LogP contribution in [0.25, 0.3) is 69.9 Å². The van der Waals surface area contributed by atoms with Gasteiger partial charge in [-0.15, -0.1) is 11.3 Å². The molecule has 2 aromatic heterocycles. The van der Waals surface area contributed by atoms with Crippen molar-refractivity contribution in [2.75, 3.05) is 4.90 Å². The number of fused-ring (bicyclic) bond motifs is 15. The number of benzene rings is 9. The summed E-state index contributed by atoms with van der Waals surface area (Å²) in [6, 6.07) is 76.7. The molecule has 1 spiro atoms. The Morgan fingerprint density at radius 3 is 2.00 bits per heavy atom. The van der Waals surface area contributed by atoms with E-state index in [1.807, 2.05) is 11.3 Å². The molecule has 1 atom stereocenters. The maximum atomic E-state index is 2.52. The number of rotatable bonds is 4. The smallest absolute Gasteiger partial charge is 0.0755 e. The second kappa shape index (κ2) is 11.9. The molecule has 1 unspecified atom stereocenters. The van der Waals surface area contributed by atoms with E-state index in [9.17, 15) is 0 Å². The molecule has 270 valence electrons. The molecule has 0 radical (unpaired) electrons. The maximum absolute atomic E-state index is 2.52. The first-order chi connectivity index (χ1) is 28.8. The fraction of sp³-hybridized carbons (Fsp3) is 0.0182. The molecule has 0 bridgehead atoms. The predicted octanol–water partition coefficient (Wildman–Crippen LogP) is 15.0. The van der Waals surface area contributed by atoms with E-state index >= 15 is 0 Å². The van der Waals surface area contributed by atoms with E-state index in [0.717, 1.165) is 11.4 Å². The van der Waals surface area contributed by atoms with E-state index in [4.69, 9.17) is 0 Å². The number of hydrogen-bond donors (Lipinski definition) is 0. The largest absolute Gasteiger partial charge is 0.310 e. The molecule has 0 saturated heterocycles. The second-order valence-corrected chi connectivity index (χ2v) is 16.6. The molecule has 3 heterocycles. The van der Waals surface area contributed by atoms with E-state index in [-0.39, 0.29) is 0 Å². The predicted molar refractivity (Wildman–Crippen MR) is 245 cm³/mol. The Kier molecular flexibility index (Phi) is 6.56. The van der Waals surface area contributed by atoms with Gasteiger partial charge in [-0.05, 0) is 87.5 Å². The van der Waals surface area contributed by atoms with Gasteiger partial charge in [0, 0.05) is 47.9 Å². The molecule has 1 aliphatic heterocycles. The van der Waals surface area contributed by atoms with Crippen molar-refractivity contribution < 1.29 is 0 Å². The number of hydrogen-bond acceptors (Lipinski definition) is 2. The quantitative estimate of drug-likeness (QED) is 0.174. The average molecular weight is 755 g/mol. The van der Waals surface area contributed by atoms with E-state index in [1.54, 1.807) is 0 Å². The minimum atomic E-state index is -0.524. The summed E-state index contributed by atoms with van der Waals surface area (Å²) in [4.78, 5) is 2.48. The highest BCUT2D eigenvalue weighted by atomic mass is 32.1. The topological polar surface area (TPSA) is 8.17 Å². The molecule has 2 nitrogen and oxygen atoms in total. The van der Waals surface area contributed by atoms with Gasteiger partial charge < -0.3 is 9.47 Å². The van der Waals surface area contributed by atoms with Crippen LogP contribution >= 0.6 is 11.3 Å². The zero-order chi connectivity index (χ0) is 38.0. The van der Waals surface area contributed by atoms with Crippen molar-refractivity contribution in [3.05, 3.63) is 229 Å². The molecule has 0 fully saturated rings. The van der Waals surface area contributed by atoms with Crippen LogP contribution in [0, 0.1) is 0 Å². The van der Waals surface area contributed by atoms with Gasteiger partial charge in [-0.25, -0.2) is 0 Å². The second-order valence-electron chi connectivity index (χ2n) is 15.6. The molecule has 2 aliphatic rings. The lowest BCUT2D eigenvalue weighted by molar-refractivity contribution is 0.748. The van der Waals surface area contributed by atoms with Crippen molar-refractivity contribution in [2.24, 2.45) is 0 Å². The van der Waals surface area contributed by atoms with Crippen molar-refractivity contribution >= 4 is 70.4 Å². The van der Waals surface area contributed by atoms with Gasteiger partial charge in [-0.2, -0.15) is 0 Å². The Balaban J connectivity index is 1.10. The van der Waals surface area contributed by atoms with E-state index in [2.05, 4.69) is 216 Å². The number of nitrogens with zero attached hydrogens (tertiary/aromatic N) is 2. The number of aromatic nitrogens is 1. The summed E-state index contributed by atoms with van der Waals surface area (Å²) in [6.07, 6.45) is 0. The van der Waals surface area contributed by atoms with Crippen LogP contribution in [0.1, 0.15) is 22.3 Å². The van der Waals surface area contributed by atoms with Gasteiger partial charge in [0.1, 0.15) is 0 Å². The van der Waals surface area contributed by atoms with Crippen molar-refractivity contribution in [3.63, 3.8) is 0 Å². The van der Waals surface area contributed by atoms with Crippen LogP contribution in [0.15, 0.2) is 206 Å². The van der Waals surface area contributed by atoms with Crippen LogP contribution in [0.2, 0.25) is 0 Å². The summed E-state index contributed by atoms with van der Waals surface area (Å²) >= 11 is 1.88. The summed E-state index contributed by atoms with van der Waals surface area (Å²) in [5.74, 6) is 0. The van der Waals surface area contributed by atoms with Crippen LogP contribution in [0.5, 0.6) is 0 Å². The highest BCUT2D eigenvalue weighted by Gasteiger charge is 2.51. The molecular formula is C55H34N2S. The standard InChI is InChI=1S/C55H34N2S/c1-2-17-36(18-3-1)56(37-19-12-16-35(34-37)38-23-13-25-42-40-21-6-11-33-51(40)58-54(38)42)50-32-15-28-46-52(50)43-22-4-7-26-44(43)55(46)45-27-8-10-31-49(45)57-48-30-9-5-20-39(48)41-24-14-29-47(55)53(41)57/h1-34H. The van der Waals surface area contributed by atoms with Crippen LogP contribution in [-0.2, 0) is 5.41 Å². The first kappa shape index (κ1) is 31.9. The summed E-state index contributed by atoms with van der Waals surface area (Å²) in [6.45, 7) is 0. The van der Waals surface area contributed by atoms with E-state index in [1.165, 1.54) is 97.9 Å². The third kappa shape index (κ3) is 4.11. The minimum Gasteiger partial charge on any atom is -0.310 e. The molecule has 1 aliphatic carbocycles. The summed E-state index contributed by atoms with van der Waals surface area (Å²) in [5, 5.41) is 5.21. The van der Waals surface area contributed by atoms with Crippen LogP contribution in [0.4, 0.5) is 17.1 Å². The Labute approximate surface area is 340 Å². The summed E-state index contributed by atoms with van der Waals surface area (Å²) in [7, 11) is 0. The first-order valence-electron chi connectivity index (χ1n) is 20.0. The van der Waals surface area contributed by atoms with E-state index < -0.39 is 5.41 Å². The third-order valence-corrected chi connectivity index (χ3v) is 14.0. The van der Waals surface area contributed by atoms with Crippen LogP contribution < -0.4 is 4.90 Å². The lowest BCUT2D eigenvalue weighted by atomic mass is 9.65. The lowest BCUT2D eigenvalue weighted by Gasteiger charge is -2.39. The third-order valence-electron chi connectivity index (χ3n) is 12.8. The highest BCUT2D eigenvalue weighted by Crippen LogP contribution is 2.63. The van der Waals surface area contributed by atoms with Crippen LogP contribution in [0.3, 0.4) is 0 Å². The van der Waals surface area contributed by atoms with E-state index in [0.29, 0.717) is 0 Å². The first-order valence-corrected chi connectivity index (χ1v) is 20.8. The van der Waals surface area contributed by atoms with Gasteiger partial charge in [0.05, 0.1) is 27.8 Å². The summed E-state index contributed by atoms with van der Waals surface area (Å²) < 4.78 is 5.16. The molecule has 3 heteroatoms. The minimum absolute atomic E-state index is 0.524. The zero-order valence-corrected chi connectivity index (χ0v) is 32.2. The Morgan fingerprint density at radius 2 is 1.07 bits per heavy atom. The van der Waals surface area contributed by atoms with Gasteiger partial charge in [0.15, 0.2) is 0 Å². The molecular weight excluding hydrogens is 721 g/mol. The highest BCUT2D eigenvalue weighted by molar-refractivity contribution is 7.26. The zero-order valence-electron chi connectivity index (χ0n) is 31.4. The van der Waals surface area contributed by atoms with Crippen molar-refractivity contribution in [2.45, 2.75) is 5.41 Å². The van der Waals surface area contributed by atoms with Gasteiger partial charge in [-0.3, -0.25) is 0 Å². The SMILES string of the molecule is c1ccc(N(c2cccc(-c3cccc4c3sc3ccccc34)c2)c2cccc3c2-c2ccccc2C32c3ccccc3-n3c4ccccc4c4cccc2c43)cc1. The number of para-hydroxylation sites is 4. The monoisotopic (exact) mass is 754 g/mol. The molecule has 13 rings (SSSR count). The van der Waals surface area contributed by atoms with Gasteiger partial charge in [0.2, 0.25) is 0 Å². The molecule has 58 heavy (non-hydrogen) atoms. The Bertz CT molecular complexity index is 3480. The van der Waals surface area contributed by atoms with Crippen molar-refractivity contribution in [1.29, 1.82) is 0 Å². The Hall–Kier alpha value is -7.20. The Morgan fingerprint density at radius 1 is 0.431 bits per heavy atom. The van der Waals surface area contributed by atoms with Crippen molar-refractivity contribution in [3.8, 4) is 27.9 Å². The molecule has 0 amide bonds. The maximum Gasteiger partial charge on any atom is 0.0755 e. The summed E-state index contributed by atoms with van der Waals surface area (Å²) in [5.41, 5.74) is 17.0. The number of thiophene rings is 1. The van der Waals surface area contributed by atoms with Gasteiger partial charge in [0.25, 0.3) is 0 Å². The molecule has 0 saturated carbocycles.